The van der Waals surface area contributed by atoms with Crippen molar-refractivity contribution in [2.75, 3.05) is 104 Å². The number of hydrogen-bond donors (Lipinski definition) is 2. The minimum Gasteiger partial charge on any atom is -0.444 e. The molecule has 0 aliphatic carbocycles. The molecule has 12 heteroatoms. The van der Waals surface area contributed by atoms with Gasteiger partial charge in [-0.3, -0.25) is 4.90 Å². The molecule has 1 aromatic rings. The molecule has 1 aromatic heterocycles. The third-order valence-corrected chi connectivity index (χ3v) is 5.81. The van der Waals surface area contributed by atoms with Gasteiger partial charge in [-0.1, -0.05) is 5.92 Å². The summed E-state index contributed by atoms with van der Waals surface area (Å²) in [5, 5.41) is 6.07. The number of ether oxygens (including phenoxy) is 5. The quantitative estimate of drug-likeness (QED) is 0.178. The van der Waals surface area contributed by atoms with Crippen LogP contribution in [0.25, 0.3) is 0 Å². The predicted molar refractivity (Wildman–Crippen MR) is 153 cm³/mol. The Hall–Kier alpha value is -2.53. The monoisotopic (exact) mass is 564 g/mol. The highest BCUT2D eigenvalue weighted by molar-refractivity contribution is 5.67. The molecule has 2 rings (SSSR count). The molecule has 226 valence electrons. The number of carbonyl (C=O) groups is 1. The van der Waals surface area contributed by atoms with Crippen LogP contribution in [0.5, 0.6) is 0 Å². The zero-order chi connectivity index (χ0) is 28.9. The van der Waals surface area contributed by atoms with Crippen LogP contribution in [0, 0.1) is 12.3 Å². The van der Waals surface area contributed by atoms with Crippen LogP contribution in [-0.4, -0.2) is 130 Å². The molecule has 40 heavy (non-hydrogen) atoms. The number of alkyl carbamates (subject to hydrolysis) is 1. The number of amides is 1. The topological polar surface area (TPSA) is 120 Å². The number of nitrogens with one attached hydrogen (secondary N) is 2. The van der Waals surface area contributed by atoms with Crippen LogP contribution in [0.15, 0.2) is 12.4 Å². The first-order valence-corrected chi connectivity index (χ1v) is 14.1. The molecule has 0 spiro atoms. The molecule has 1 aliphatic rings. The van der Waals surface area contributed by atoms with Gasteiger partial charge < -0.3 is 39.2 Å². The van der Waals surface area contributed by atoms with Crippen molar-refractivity contribution in [1.29, 1.82) is 0 Å². The summed E-state index contributed by atoms with van der Waals surface area (Å²) < 4.78 is 27.0. The van der Waals surface area contributed by atoms with Crippen LogP contribution in [0.4, 0.5) is 10.6 Å². The lowest BCUT2D eigenvalue weighted by molar-refractivity contribution is -0.00257. The Bertz CT molecular complexity index is 854. The highest BCUT2D eigenvalue weighted by atomic mass is 16.6. The Morgan fingerprint density at radius 1 is 0.925 bits per heavy atom. The maximum atomic E-state index is 11.8. The average molecular weight is 565 g/mol. The highest BCUT2D eigenvalue weighted by Gasteiger charge is 2.17. The van der Waals surface area contributed by atoms with Crippen molar-refractivity contribution in [3.63, 3.8) is 0 Å². The van der Waals surface area contributed by atoms with E-state index in [2.05, 4.69) is 36.3 Å². The van der Waals surface area contributed by atoms with E-state index in [1.165, 1.54) is 6.33 Å². The fraction of sp³-hybridized carbons (Fsp3) is 0.750. The Kier molecular flexibility index (Phi) is 17.1. The van der Waals surface area contributed by atoms with Crippen LogP contribution < -0.4 is 10.6 Å². The van der Waals surface area contributed by atoms with Crippen molar-refractivity contribution in [1.82, 2.24) is 25.1 Å². The normalized spacial score (nSPS) is 14.6. The Morgan fingerprint density at radius 3 is 2.15 bits per heavy atom. The van der Waals surface area contributed by atoms with Gasteiger partial charge in [-0.25, -0.2) is 14.8 Å². The van der Waals surface area contributed by atoms with Gasteiger partial charge in [-0.2, -0.15) is 0 Å². The Labute approximate surface area is 239 Å². The lowest BCUT2D eigenvalue weighted by Crippen LogP contribution is -2.47. The third-order valence-electron chi connectivity index (χ3n) is 5.81. The summed E-state index contributed by atoms with van der Waals surface area (Å²) in [6, 6.07) is 1.85. The smallest absolute Gasteiger partial charge is 0.407 e. The molecular weight excluding hydrogens is 516 g/mol. The molecular formula is C28H48N6O6. The first-order chi connectivity index (χ1) is 19.4. The Balaban J connectivity index is 1.43. The van der Waals surface area contributed by atoms with E-state index in [1.54, 1.807) is 0 Å². The Morgan fingerprint density at radius 2 is 1.52 bits per heavy atom. The number of nitrogens with zero attached hydrogens (tertiary/aromatic N) is 4. The van der Waals surface area contributed by atoms with Gasteiger partial charge in [0.25, 0.3) is 0 Å². The summed E-state index contributed by atoms with van der Waals surface area (Å²) in [4.78, 5) is 25.3. The lowest BCUT2D eigenvalue weighted by atomic mass is 10.2. The summed E-state index contributed by atoms with van der Waals surface area (Å²) >= 11 is 0. The molecule has 0 bridgehead atoms. The number of carbonyl (C=O) groups excluding carboxylic acids is 1. The fourth-order valence-electron chi connectivity index (χ4n) is 3.81. The second-order valence-corrected chi connectivity index (χ2v) is 10.3. The SMILES string of the molecule is C#CCOCCOCCOCCOCCN1CCN(CCCNc2cc(CNC(=O)OC(C)(C)C)ncn2)CC1. The lowest BCUT2D eigenvalue weighted by Gasteiger charge is -2.34. The van der Waals surface area contributed by atoms with E-state index in [0.717, 1.165) is 63.7 Å². The third kappa shape index (κ3) is 17.2. The van der Waals surface area contributed by atoms with Gasteiger partial charge in [0.1, 0.15) is 24.4 Å². The van der Waals surface area contributed by atoms with Gasteiger partial charge in [-0.15, -0.1) is 6.42 Å². The molecule has 0 radical (unpaired) electrons. The first kappa shape index (κ1) is 33.7. The molecule has 1 amide bonds. The van der Waals surface area contributed by atoms with E-state index >= 15 is 0 Å². The number of piperazine rings is 1. The fourth-order valence-corrected chi connectivity index (χ4v) is 3.81. The van der Waals surface area contributed by atoms with Gasteiger partial charge in [-0.05, 0) is 33.7 Å². The molecule has 1 saturated heterocycles. The minimum absolute atomic E-state index is 0.288. The number of anilines is 1. The molecule has 1 aliphatic heterocycles. The molecule has 1 fully saturated rings. The number of rotatable bonds is 20. The van der Waals surface area contributed by atoms with E-state index in [0.29, 0.717) is 52.9 Å². The van der Waals surface area contributed by atoms with E-state index in [-0.39, 0.29) is 6.54 Å². The van der Waals surface area contributed by atoms with Gasteiger partial charge in [0.15, 0.2) is 0 Å². The molecule has 0 unspecified atom stereocenters. The van der Waals surface area contributed by atoms with Crippen LogP contribution in [0.2, 0.25) is 0 Å². The summed E-state index contributed by atoms with van der Waals surface area (Å²) in [6.45, 7) is 17.1. The highest BCUT2D eigenvalue weighted by Crippen LogP contribution is 2.08. The number of aromatic nitrogens is 2. The van der Waals surface area contributed by atoms with E-state index in [9.17, 15) is 4.79 Å². The zero-order valence-electron chi connectivity index (χ0n) is 24.5. The van der Waals surface area contributed by atoms with E-state index < -0.39 is 11.7 Å². The maximum absolute atomic E-state index is 11.8. The van der Waals surface area contributed by atoms with Crippen molar-refractivity contribution in [3.8, 4) is 12.3 Å². The van der Waals surface area contributed by atoms with Crippen molar-refractivity contribution in [2.45, 2.75) is 39.3 Å². The summed E-state index contributed by atoms with van der Waals surface area (Å²) in [7, 11) is 0. The molecule has 2 heterocycles. The van der Waals surface area contributed by atoms with Crippen molar-refractivity contribution in [2.24, 2.45) is 0 Å². The summed E-state index contributed by atoms with van der Waals surface area (Å²) in [5.74, 6) is 3.16. The zero-order valence-corrected chi connectivity index (χ0v) is 24.5. The first-order valence-electron chi connectivity index (χ1n) is 14.1. The van der Waals surface area contributed by atoms with Gasteiger partial charge in [0, 0.05) is 45.3 Å². The summed E-state index contributed by atoms with van der Waals surface area (Å²) in [5.41, 5.74) is 0.191. The van der Waals surface area contributed by atoms with Gasteiger partial charge >= 0.3 is 6.09 Å². The van der Waals surface area contributed by atoms with Crippen LogP contribution >= 0.6 is 0 Å². The molecule has 2 N–H and O–H groups in total. The average Bonchev–Trinajstić information content (AvgIpc) is 2.92. The van der Waals surface area contributed by atoms with E-state index in [1.807, 2.05) is 26.8 Å². The largest absolute Gasteiger partial charge is 0.444 e. The second kappa shape index (κ2) is 20.4. The number of terminal acetylenes is 1. The van der Waals surface area contributed by atoms with Crippen LogP contribution in [0.3, 0.4) is 0 Å². The van der Waals surface area contributed by atoms with Gasteiger partial charge in [0.2, 0.25) is 0 Å². The van der Waals surface area contributed by atoms with Crippen molar-refractivity contribution >= 4 is 11.9 Å². The molecule has 0 saturated carbocycles. The van der Waals surface area contributed by atoms with Gasteiger partial charge in [0.05, 0.1) is 58.5 Å². The standard InChI is InChI=1S/C28H48N6O6/c1-5-14-36-16-18-38-20-21-39-19-17-37-15-13-34-11-9-33(10-12-34)8-6-7-29-26-22-25(31-24-32-26)23-30-27(35)40-28(2,3)4/h1,22,24H,6-21,23H2,2-4H3,(H,30,35)(H,29,31,32). The molecule has 12 nitrogen and oxygen atoms in total. The summed E-state index contributed by atoms with van der Waals surface area (Å²) in [6.07, 6.45) is 7.16. The predicted octanol–water partition coefficient (Wildman–Crippen LogP) is 1.62. The van der Waals surface area contributed by atoms with Crippen LogP contribution in [0.1, 0.15) is 32.9 Å². The maximum Gasteiger partial charge on any atom is 0.407 e. The molecule has 0 atom stereocenters. The van der Waals surface area contributed by atoms with Crippen molar-refractivity contribution in [3.05, 3.63) is 18.1 Å². The number of hydrogen-bond acceptors (Lipinski definition) is 11. The van der Waals surface area contributed by atoms with E-state index in [4.69, 9.17) is 30.1 Å². The second-order valence-electron chi connectivity index (χ2n) is 10.3. The van der Waals surface area contributed by atoms with Crippen LogP contribution in [-0.2, 0) is 30.2 Å². The molecule has 0 aromatic carbocycles. The van der Waals surface area contributed by atoms with Crippen molar-refractivity contribution < 1.29 is 28.5 Å². The minimum atomic E-state index is -0.531.